The molecule has 2 aliphatic rings. The zero-order chi connectivity index (χ0) is 14.4. The zero-order valence-electron chi connectivity index (χ0n) is 12.8. The molecule has 1 N–H and O–H groups in total. The van der Waals surface area contributed by atoms with Crippen LogP contribution in [0.25, 0.3) is 0 Å². The lowest BCUT2D eigenvalue weighted by molar-refractivity contribution is 0.170. The Hall–Kier alpha value is -0.130. The van der Waals surface area contributed by atoms with Gasteiger partial charge in [0.1, 0.15) is 0 Å². The highest BCUT2D eigenvalue weighted by Crippen LogP contribution is 2.28. The summed E-state index contributed by atoms with van der Waals surface area (Å²) in [5, 5.41) is 0. The monoisotopic (exact) mass is 302 g/mol. The molecule has 1 saturated heterocycles. The van der Waals surface area contributed by atoms with Crippen molar-refractivity contribution in [3.8, 4) is 0 Å². The first-order chi connectivity index (χ1) is 9.53. The van der Waals surface area contributed by atoms with Crippen molar-refractivity contribution in [2.24, 2.45) is 11.8 Å². The van der Waals surface area contributed by atoms with E-state index < -0.39 is 10.0 Å². The minimum absolute atomic E-state index is 0.491. The van der Waals surface area contributed by atoms with Crippen LogP contribution in [0.15, 0.2) is 0 Å². The topological polar surface area (TPSA) is 49.4 Å². The fourth-order valence-corrected chi connectivity index (χ4v) is 4.23. The Morgan fingerprint density at radius 3 is 2.50 bits per heavy atom. The molecule has 2 fully saturated rings. The van der Waals surface area contributed by atoms with Gasteiger partial charge in [-0.3, -0.25) is 0 Å². The van der Waals surface area contributed by atoms with Crippen molar-refractivity contribution < 1.29 is 8.42 Å². The highest BCUT2D eigenvalue weighted by molar-refractivity contribution is 7.88. The van der Waals surface area contributed by atoms with Crippen LogP contribution in [0, 0.1) is 11.8 Å². The van der Waals surface area contributed by atoms with Gasteiger partial charge in [-0.05, 0) is 50.6 Å². The van der Waals surface area contributed by atoms with Crippen molar-refractivity contribution in [2.75, 3.05) is 32.4 Å². The summed E-state index contributed by atoms with van der Waals surface area (Å²) in [5.41, 5.74) is 0. The van der Waals surface area contributed by atoms with E-state index >= 15 is 0 Å². The molecule has 0 spiro atoms. The number of sulfonamides is 1. The summed E-state index contributed by atoms with van der Waals surface area (Å²) >= 11 is 0. The predicted octanol–water partition coefficient (Wildman–Crippen LogP) is 2.22. The van der Waals surface area contributed by atoms with Crippen molar-refractivity contribution in [2.45, 2.75) is 51.4 Å². The standard InChI is InChI=1S/C15H30N2O2S/c1-20(18,19)16-12-15-9-5-11-17(13-15)10-4-8-14-6-2-3-7-14/h14-16H,2-13H2,1H3/t15-/m1/s1. The van der Waals surface area contributed by atoms with Gasteiger partial charge in [0.15, 0.2) is 0 Å². The number of piperidine rings is 1. The van der Waals surface area contributed by atoms with Crippen molar-refractivity contribution >= 4 is 10.0 Å². The Morgan fingerprint density at radius 2 is 1.80 bits per heavy atom. The fourth-order valence-electron chi connectivity index (χ4n) is 3.69. The molecule has 0 aromatic rings. The molecule has 0 aromatic heterocycles. The molecule has 1 aliphatic carbocycles. The largest absolute Gasteiger partial charge is 0.303 e. The van der Waals surface area contributed by atoms with Crippen LogP contribution >= 0.6 is 0 Å². The molecule has 0 bridgehead atoms. The van der Waals surface area contributed by atoms with E-state index in [4.69, 9.17) is 0 Å². The molecule has 1 aliphatic heterocycles. The highest BCUT2D eigenvalue weighted by Gasteiger charge is 2.21. The van der Waals surface area contributed by atoms with Gasteiger partial charge in [0.05, 0.1) is 6.26 Å². The van der Waals surface area contributed by atoms with Crippen molar-refractivity contribution in [1.82, 2.24) is 9.62 Å². The number of nitrogens with one attached hydrogen (secondary N) is 1. The molecule has 5 heteroatoms. The second-order valence-corrected chi connectivity index (χ2v) is 8.56. The molecule has 1 saturated carbocycles. The minimum Gasteiger partial charge on any atom is -0.303 e. The van der Waals surface area contributed by atoms with Crippen LogP contribution in [-0.4, -0.2) is 45.8 Å². The van der Waals surface area contributed by atoms with Crippen LogP contribution in [0.2, 0.25) is 0 Å². The fraction of sp³-hybridized carbons (Fsp3) is 1.00. The summed E-state index contributed by atoms with van der Waals surface area (Å²) in [5.74, 6) is 1.48. The number of rotatable bonds is 7. The van der Waals surface area contributed by atoms with E-state index in [0.717, 1.165) is 18.9 Å². The maximum atomic E-state index is 11.1. The molecule has 4 nitrogen and oxygen atoms in total. The van der Waals surface area contributed by atoms with Gasteiger partial charge in [-0.25, -0.2) is 13.1 Å². The molecule has 20 heavy (non-hydrogen) atoms. The SMILES string of the molecule is CS(=O)(=O)NC[C@H]1CCCN(CCCC2CCCC2)C1. The summed E-state index contributed by atoms with van der Waals surface area (Å²) in [6.45, 7) is 4.07. The lowest BCUT2D eigenvalue weighted by Crippen LogP contribution is -2.41. The van der Waals surface area contributed by atoms with Gasteiger partial charge in [-0.1, -0.05) is 25.7 Å². The third-order valence-electron chi connectivity index (χ3n) is 4.80. The first kappa shape index (κ1) is 16.2. The van der Waals surface area contributed by atoms with Gasteiger partial charge in [-0.15, -0.1) is 0 Å². The number of hydrogen-bond acceptors (Lipinski definition) is 3. The number of hydrogen-bond donors (Lipinski definition) is 1. The van der Waals surface area contributed by atoms with Gasteiger partial charge < -0.3 is 4.90 Å². The van der Waals surface area contributed by atoms with Crippen molar-refractivity contribution in [3.63, 3.8) is 0 Å². The molecular weight excluding hydrogens is 272 g/mol. The predicted molar refractivity (Wildman–Crippen MR) is 83.2 cm³/mol. The Bertz CT molecular complexity index is 377. The molecule has 118 valence electrons. The summed E-state index contributed by atoms with van der Waals surface area (Å²) in [6.07, 6.45) is 12.1. The highest BCUT2D eigenvalue weighted by atomic mass is 32.2. The molecule has 1 atom stereocenters. The van der Waals surface area contributed by atoms with Crippen LogP contribution in [-0.2, 0) is 10.0 Å². The molecule has 0 unspecified atom stereocenters. The molecule has 2 rings (SSSR count). The van der Waals surface area contributed by atoms with E-state index in [-0.39, 0.29) is 0 Å². The van der Waals surface area contributed by atoms with Gasteiger partial charge in [-0.2, -0.15) is 0 Å². The number of likely N-dealkylation sites (tertiary alicyclic amines) is 1. The van der Waals surface area contributed by atoms with E-state index in [9.17, 15) is 8.42 Å². The van der Waals surface area contributed by atoms with Crippen molar-refractivity contribution in [1.29, 1.82) is 0 Å². The van der Waals surface area contributed by atoms with Crippen LogP contribution < -0.4 is 4.72 Å². The second-order valence-electron chi connectivity index (χ2n) is 6.72. The molecule has 0 amide bonds. The first-order valence-electron chi connectivity index (χ1n) is 8.20. The summed E-state index contributed by atoms with van der Waals surface area (Å²) < 4.78 is 25.0. The summed E-state index contributed by atoms with van der Waals surface area (Å²) in [6, 6.07) is 0. The summed E-state index contributed by atoms with van der Waals surface area (Å²) in [7, 11) is -3.04. The maximum absolute atomic E-state index is 11.1. The molecule has 0 aromatic carbocycles. The van der Waals surface area contributed by atoms with E-state index in [1.807, 2.05) is 0 Å². The first-order valence-corrected chi connectivity index (χ1v) is 10.1. The van der Waals surface area contributed by atoms with E-state index in [2.05, 4.69) is 9.62 Å². The third kappa shape index (κ3) is 6.10. The van der Waals surface area contributed by atoms with Gasteiger partial charge >= 0.3 is 0 Å². The van der Waals surface area contributed by atoms with E-state index in [1.165, 1.54) is 64.3 Å². The lowest BCUT2D eigenvalue weighted by Gasteiger charge is -2.32. The quantitative estimate of drug-likeness (QED) is 0.784. The van der Waals surface area contributed by atoms with Crippen LogP contribution in [0.1, 0.15) is 51.4 Å². The van der Waals surface area contributed by atoms with Crippen LogP contribution in [0.5, 0.6) is 0 Å². The van der Waals surface area contributed by atoms with Crippen LogP contribution in [0.3, 0.4) is 0 Å². The third-order valence-corrected chi connectivity index (χ3v) is 5.49. The molecule has 0 radical (unpaired) electrons. The Labute approximate surface area is 124 Å². The zero-order valence-corrected chi connectivity index (χ0v) is 13.6. The van der Waals surface area contributed by atoms with Gasteiger partial charge in [0, 0.05) is 13.1 Å². The average molecular weight is 302 g/mol. The normalized spacial score (nSPS) is 26.1. The van der Waals surface area contributed by atoms with E-state index in [0.29, 0.717) is 12.5 Å². The summed E-state index contributed by atoms with van der Waals surface area (Å²) in [4.78, 5) is 2.53. The van der Waals surface area contributed by atoms with E-state index in [1.54, 1.807) is 0 Å². The molecule has 1 heterocycles. The Balaban J connectivity index is 1.62. The van der Waals surface area contributed by atoms with Crippen molar-refractivity contribution in [3.05, 3.63) is 0 Å². The Kier molecular flexibility index (Phi) is 6.30. The smallest absolute Gasteiger partial charge is 0.208 e. The average Bonchev–Trinajstić information content (AvgIpc) is 2.89. The number of nitrogens with zero attached hydrogens (tertiary/aromatic N) is 1. The van der Waals surface area contributed by atoms with Crippen LogP contribution in [0.4, 0.5) is 0 Å². The maximum Gasteiger partial charge on any atom is 0.208 e. The molecular formula is C15H30N2O2S. The lowest BCUT2D eigenvalue weighted by atomic mass is 9.97. The van der Waals surface area contributed by atoms with Gasteiger partial charge in [0.25, 0.3) is 0 Å². The second kappa shape index (κ2) is 7.76. The Morgan fingerprint density at radius 1 is 1.10 bits per heavy atom. The van der Waals surface area contributed by atoms with Gasteiger partial charge in [0.2, 0.25) is 10.0 Å². The minimum atomic E-state index is -3.04.